The summed E-state index contributed by atoms with van der Waals surface area (Å²) in [5.41, 5.74) is 2.71. The van der Waals surface area contributed by atoms with E-state index in [0.29, 0.717) is 0 Å². The Hall–Kier alpha value is -0.690. The van der Waals surface area contributed by atoms with E-state index in [1.54, 1.807) is 6.64 Å². The average molecular weight is 298 g/mol. The van der Waals surface area contributed by atoms with Gasteiger partial charge in [0.25, 0.3) is 0 Å². The van der Waals surface area contributed by atoms with Crippen LogP contribution in [0.1, 0.15) is 11.1 Å². The molecule has 0 saturated heterocycles. The van der Waals surface area contributed by atoms with Gasteiger partial charge in [0.2, 0.25) is 0 Å². The molecule has 2 aromatic carbocycles. The van der Waals surface area contributed by atoms with Gasteiger partial charge < -0.3 is 0 Å². The molecule has 0 aliphatic carbocycles. The van der Waals surface area contributed by atoms with E-state index in [4.69, 9.17) is 0 Å². The van der Waals surface area contributed by atoms with Crippen LogP contribution in [0.2, 0.25) is 0 Å². The number of rotatable bonds is 2. The van der Waals surface area contributed by atoms with E-state index in [9.17, 15) is 0 Å². The molecule has 2 rings (SSSR count). The first-order chi connectivity index (χ1) is 7.24. The van der Waals surface area contributed by atoms with Gasteiger partial charge in [-0.25, -0.2) is 0 Å². The Bertz CT molecular complexity index is 382. The van der Waals surface area contributed by atoms with E-state index in [1.807, 2.05) is 0 Å². The van der Waals surface area contributed by atoms with Crippen molar-refractivity contribution in [1.82, 2.24) is 0 Å². The van der Waals surface area contributed by atoms with E-state index in [2.05, 4.69) is 62.4 Å². The summed E-state index contributed by atoms with van der Waals surface area (Å²) in [5.74, 6) is 0. The topological polar surface area (TPSA) is 0 Å². The first kappa shape index (κ1) is 10.8. The Labute approximate surface area is 103 Å². The summed E-state index contributed by atoms with van der Waals surface area (Å²) in [6.45, 7) is 4.29. The summed E-state index contributed by atoms with van der Waals surface area (Å²) in [5, 5.41) is 0. The molecule has 15 heavy (non-hydrogen) atoms. The predicted octanol–water partition coefficient (Wildman–Crippen LogP) is 1.69. The number of hydrogen-bond donors (Lipinski definition) is 0. The summed E-state index contributed by atoms with van der Waals surface area (Å²) in [6, 6.07) is 18.1. The van der Waals surface area contributed by atoms with Crippen molar-refractivity contribution in [2.75, 3.05) is 0 Å². The molecule has 0 spiro atoms. The van der Waals surface area contributed by atoms with Crippen molar-refractivity contribution in [2.45, 2.75) is 13.8 Å². The summed E-state index contributed by atoms with van der Waals surface area (Å²) >= 11 is -0.929. The Morgan fingerprint density at radius 2 is 0.933 bits per heavy atom. The standard InChI is InChI=1S/2C7H7.In.H/c2*1-7-5-3-2-4-6-7;;/h2*3-6H,1H3;;. The second kappa shape index (κ2) is 4.89. The van der Waals surface area contributed by atoms with Crippen LogP contribution in [-0.4, -0.2) is 22.9 Å². The van der Waals surface area contributed by atoms with Gasteiger partial charge in [-0.3, -0.25) is 0 Å². The molecule has 0 N–H and O–H groups in total. The van der Waals surface area contributed by atoms with E-state index in [0.717, 1.165) is 0 Å². The number of benzene rings is 2. The zero-order valence-corrected chi connectivity index (χ0v) is 13.4. The van der Waals surface area contributed by atoms with Crippen molar-refractivity contribution in [1.29, 1.82) is 0 Å². The van der Waals surface area contributed by atoms with Crippen LogP contribution in [0.25, 0.3) is 0 Å². The van der Waals surface area contributed by atoms with Crippen LogP contribution < -0.4 is 6.64 Å². The molecule has 0 heterocycles. The van der Waals surface area contributed by atoms with Crippen LogP contribution in [0.5, 0.6) is 0 Å². The van der Waals surface area contributed by atoms with Gasteiger partial charge in [-0.15, -0.1) is 0 Å². The Balaban J connectivity index is 2.15. The third-order valence-corrected chi connectivity index (χ3v) is 7.67. The van der Waals surface area contributed by atoms with Crippen molar-refractivity contribution in [3.8, 4) is 0 Å². The second-order valence-corrected chi connectivity index (χ2v) is 9.82. The van der Waals surface area contributed by atoms with E-state index >= 15 is 0 Å². The monoisotopic (exact) mass is 298 g/mol. The molecule has 2 aromatic rings. The first-order valence-electron chi connectivity index (χ1n) is 5.35. The van der Waals surface area contributed by atoms with E-state index < -0.39 is 22.9 Å². The van der Waals surface area contributed by atoms with Gasteiger partial charge in [-0.2, -0.15) is 0 Å². The summed E-state index contributed by atoms with van der Waals surface area (Å²) < 4.78 is 3.18. The molecule has 0 amide bonds. The molecule has 0 fully saturated rings. The molecule has 1 heteroatoms. The minimum atomic E-state index is -0.929. The van der Waals surface area contributed by atoms with Crippen LogP contribution in [0.3, 0.4) is 0 Å². The minimum absolute atomic E-state index is 0.929. The van der Waals surface area contributed by atoms with Gasteiger partial charge in [-0.1, -0.05) is 0 Å². The summed E-state index contributed by atoms with van der Waals surface area (Å²) in [7, 11) is 0. The van der Waals surface area contributed by atoms with Gasteiger partial charge in [-0.05, 0) is 0 Å². The second-order valence-electron chi connectivity index (χ2n) is 4.15. The van der Waals surface area contributed by atoms with Crippen molar-refractivity contribution in [3.05, 3.63) is 59.7 Å². The normalized spacial score (nSPS) is 10.0. The molecule has 0 aliphatic rings. The van der Waals surface area contributed by atoms with Crippen molar-refractivity contribution < 1.29 is 0 Å². The Morgan fingerprint density at radius 1 is 0.600 bits per heavy atom. The van der Waals surface area contributed by atoms with Crippen LogP contribution in [-0.2, 0) is 0 Å². The Kier molecular flexibility index (Phi) is 3.53. The fraction of sp³-hybridized carbons (Fsp3) is 0.143. The van der Waals surface area contributed by atoms with Gasteiger partial charge >= 0.3 is 103 Å². The van der Waals surface area contributed by atoms with Crippen LogP contribution >= 0.6 is 0 Å². The quantitative estimate of drug-likeness (QED) is 0.791. The van der Waals surface area contributed by atoms with Crippen molar-refractivity contribution in [3.63, 3.8) is 0 Å². The molecule has 74 valence electrons. The first-order valence-corrected chi connectivity index (χ1v) is 9.39. The van der Waals surface area contributed by atoms with Crippen LogP contribution in [0, 0.1) is 13.8 Å². The zero-order chi connectivity index (χ0) is 10.7. The van der Waals surface area contributed by atoms with Crippen molar-refractivity contribution >= 4 is 29.5 Å². The molecular weight excluding hydrogens is 283 g/mol. The molecule has 0 aliphatic heterocycles. The van der Waals surface area contributed by atoms with Gasteiger partial charge in [0, 0.05) is 0 Å². The maximum absolute atomic E-state index is 2.30. The third kappa shape index (κ3) is 3.13. The van der Waals surface area contributed by atoms with Gasteiger partial charge in [0.1, 0.15) is 0 Å². The molecule has 0 unspecified atom stereocenters. The molecule has 0 bridgehead atoms. The predicted molar refractivity (Wildman–Crippen MR) is 68.8 cm³/mol. The SMILES string of the molecule is Cc1cc[c]([InH][c]2ccc(C)cc2)cc1. The van der Waals surface area contributed by atoms with Crippen LogP contribution in [0.15, 0.2) is 48.5 Å². The van der Waals surface area contributed by atoms with Gasteiger partial charge in [0.15, 0.2) is 0 Å². The molecule has 0 saturated carbocycles. The number of aryl methyl sites for hydroxylation is 2. The van der Waals surface area contributed by atoms with E-state index in [-0.39, 0.29) is 0 Å². The summed E-state index contributed by atoms with van der Waals surface area (Å²) in [4.78, 5) is 0. The Morgan fingerprint density at radius 3 is 1.27 bits per heavy atom. The van der Waals surface area contributed by atoms with Crippen molar-refractivity contribution in [2.24, 2.45) is 0 Å². The fourth-order valence-electron chi connectivity index (χ4n) is 1.65. The summed E-state index contributed by atoms with van der Waals surface area (Å²) in [6.07, 6.45) is 0. The fourth-order valence-corrected chi connectivity index (χ4v) is 5.68. The van der Waals surface area contributed by atoms with Gasteiger partial charge in [0.05, 0.1) is 0 Å². The average Bonchev–Trinajstić information content (AvgIpc) is 2.25. The maximum atomic E-state index is 2.30. The zero-order valence-electron chi connectivity index (χ0n) is 9.33. The molecular formula is C14H15In. The molecule has 0 radical (unpaired) electrons. The van der Waals surface area contributed by atoms with Crippen LogP contribution in [0.4, 0.5) is 0 Å². The third-order valence-electron chi connectivity index (χ3n) is 2.65. The number of hydrogen-bond acceptors (Lipinski definition) is 0. The molecule has 0 aromatic heterocycles. The molecule has 0 nitrogen and oxygen atoms in total. The van der Waals surface area contributed by atoms with E-state index in [1.165, 1.54) is 11.1 Å². The molecule has 0 atom stereocenters.